The van der Waals surface area contributed by atoms with Crippen LogP contribution in [0.3, 0.4) is 0 Å². The van der Waals surface area contributed by atoms with Crippen molar-refractivity contribution < 1.29 is 38.1 Å². The first kappa shape index (κ1) is 25.7. The van der Waals surface area contributed by atoms with Gasteiger partial charge in [-0.2, -0.15) is 0 Å². The third kappa shape index (κ3) is 4.37. The second-order valence-corrected chi connectivity index (χ2v) is 7.13. The van der Waals surface area contributed by atoms with E-state index in [1.54, 1.807) is 27.7 Å². The highest BCUT2D eigenvalue weighted by molar-refractivity contribution is 6.07. The molecule has 0 bridgehead atoms. The Kier molecular flexibility index (Phi) is 9.52. The van der Waals surface area contributed by atoms with Gasteiger partial charge in [-0.1, -0.05) is 19.9 Å². The van der Waals surface area contributed by atoms with Gasteiger partial charge in [-0.25, -0.2) is 0 Å². The maximum Gasteiger partial charge on any atom is 0.327 e. The van der Waals surface area contributed by atoms with Crippen molar-refractivity contribution >= 4 is 23.9 Å². The molecule has 1 fully saturated rings. The van der Waals surface area contributed by atoms with E-state index in [4.69, 9.17) is 18.9 Å². The van der Waals surface area contributed by atoms with Crippen LogP contribution in [0.4, 0.5) is 0 Å². The van der Waals surface area contributed by atoms with Gasteiger partial charge in [0.25, 0.3) is 0 Å². The molecule has 0 aromatic heterocycles. The molecule has 1 atom stereocenters. The van der Waals surface area contributed by atoms with Crippen LogP contribution in [0.1, 0.15) is 60.3 Å². The Morgan fingerprint density at radius 2 is 1.17 bits per heavy atom. The SMILES string of the molecule is C=C1C(CCC)C(C(=O)OCC)(C(=O)OCC)CCC1(C(=O)OCC)C(=O)OCC. The molecule has 0 aromatic rings. The quantitative estimate of drug-likeness (QED) is 0.227. The Hall–Kier alpha value is -2.38. The van der Waals surface area contributed by atoms with Crippen LogP contribution in [-0.4, -0.2) is 50.3 Å². The molecule has 1 rings (SSSR count). The van der Waals surface area contributed by atoms with E-state index in [-0.39, 0.29) is 44.8 Å². The van der Waals surface area contributed by atoms with E-state index in [1.165, 1.54) is 0 Å². The molecule has 0 N–H and O–H groups in total. The maximum absolute atomic E-state index is 13.1. The van der Waals surface area contributed by atoms with Crippen LogP contribution in [0.5, 0.6) is 0 Å². The van der Waals surface area contributed by atoms with Crippen LogP contribution < -0.4 is 0 Å². The average molecular weight is 427 g/mol. The highest BCUT2D eigenvalue weighted by Gasteiger charge is 2.66. The zero-order valence-corrected chi connectivity index (χ0v) is 18.7. The third-order valence-corrected chi connectivity index (χ3v) is 5.56. The molecule has 30 heavy (non-hydrogen) atoms. The van der Waals surface area contributed by atoms with Crippen LogP contribution >= 0.6 is 0 Å². The lowest BCUT2D eigenvalue weighted by Crippen LogP contribution is -2.58. The Bertz CT molecular complexity index is 630. The summed E-state index contributed by atoms with van der Waals surface area (Å²) in [5.41, 5.74) is -3.33. The number of hydrogen-bond donors (Lipinski definition) is 0. The smallest absolute Gasteiger partial charge is 0.327 e. The molecule has 8 nitrogen and oxygen atoms in total. The lowest BCUT2D eigenvalue weighted by molar-refractivity contribution is -0.187. The second kappa shape index (κ2) is 11.1. The topological polar surface area (TPSA) is 105 Å². The summed E-state index contributed by atoms with van der Waals surface area (Å²) in [6.07, 6.45) is 0.621. The number of carbonyl (C=O) groups is 4. The fraction of sp³-hybridized carbons (Fsp3) is 0.727. The standard InChI is InChI=1S/C22H34O8/c1-7-12-16-15(6)21(17(23)27-8-2,18(24)28-9-3)13-14-22(16,19(25)29-10-4)20(26)30-11-5/h16H,6-14H2,1-5H3. The lowest BCUT2D eigenvalue weighted by atomic mass is 9.54. The molecular weight excluding hydrogens is 392 g/mol. The number of hydrogen-bond acceptors (Lipinski definition) is 8. The van der Waals surface area contributed by atoms with Gasteiger partial charge in [0.05, 0.1) is 26.4 Å². The largest absolute Gasteiger partial charge is 0.465 e. The lowest BCUT2D eigenvalue weighted by Gasteiger charge is -2.47. The van der Waals surface area contributed by atoms with E-state index in [1.807, 2.05) is 6.92 Å². The van der Waals surface area contributed by atoms with Gasteiger partial charge in [0, 0.05) is 5.92 Å². The number of ether oxygens (including phenoxy) is 4. The second-order valence-electron chi connectivity index (χ2n) is 7.13. The molecule has 0 heterocycles. The van der Waals surface area contributed by atoms with Crippen LogP contribution in [0.15, 0.2) is 12.2 Å². The van der Waals surface area contributed by atoms with Crippen molar-refractivity contribution in [2.45, 2.75) is 60.3 Å². The van der Waals surface area contributed by atoms with Gasteiger partial charge >= 0.3 is 23.9 Å². The Labute approximate surface area is 178 Å². The molecule has 1 saturated carbocycles. The summed E-state index contributed by atoms with van der Waals surface area (Å²) in [6.45, 7) is 12.7. The van der Waals surface area contributed by atoms with Crippen molar-refractivity contribution in [1.29, 1.82) is 0 Å². The molecule has 0 spiro atoms. The van der Waals surface area contributed by atoms with Crippen molar-refractivity contribution in [3.8, 4) is 0 Å². The fourth-order valence-corrected chi connectivity index (χ4v) is 4.17. The van der Waals surface area contributed by atoms with E-state index < -0.39 is 40.6 Å². The monoisotopic (exact) mass is 426 g/mol. The van der Waals surface area contributed by atoms with Crippen molar-refractivity contribution in [1.82, 2.24) is 0 Å². The first-order valence-corrected chi connectivity index (χ1v) is 10.6. The van der Waals surface area contributed by atoms with E-state index in [0.29, 0.717) is 12.8 Å². The minimum atomic E-state index is -1.78. The molecule has 0 aliphatic heterocycles. The minimum absolute atomic E-state index is 0.0621. The predicted molar refractivity (Wildman–Crippen MR) is 108 cm³/mol. The summed E-state index contributed by atoms with van der Waals surface area (Å²) in [7, 11) is 0. The average Bonchev–Trinajstić information content (AvgIpc) is 2.70. The van der Waals surface area contributed by atoms with Gasteiger partial charge in [-0.15, -0.1) is 0 Å². The van der Waals surface area contributed by atoms with Crippen LogP contribution in [0, 0.1) is 16.7 Å². The van der Waals surface area contributed by atoms with Gasteiger partial charge in [0.1, 0.15) is 0 Å². The van der Waals surface area contributed by atoms with Crippen LogP contribution in [-0.2, 0) is 38.1 Å². The molecule has 0 aromatic carbocycles. The van der Waals surface area contributed by atoms with E-state index in [2.05, 4.69) is 6.58 Å². The van der Waals surface area contributed by atoms with Crippen molar-refractivity contribution in [3.63, 3.8) is 0 Å². The van der Waals surface area contributed by atoms with Gasteiger partial charge in [0.2, 0.25) is 0 Å². The van der Waals surface area contributed by atoms with Crippen molar-refractivity contribution in [2.75, 3.05) is 26.4 Å². The van der Waals surface area contributed by atoms with Gasteiger partial charge in [-0.05, 0) is 52.5 Å². The first-order valence-electron chi connectivity index (χ1n) is 10.6. The molecule has 170 valence electrons. The summed E-state index contributed by atoms with van der Waals surface area (Å²) in [5, 5.41) is 0. The van der Waals surface area contributed by atoms with E-state index in [0.717, 1.165) is 0 Å². The molecule has 8 heteroatoms. The highest BCUT2D eigenvalue weighted by atomic mass is 16.6. The highest BCUT2D eigenvalue weighted by Crippen LogP contribution is 2.56. The first-order chi connectivity index (χ1) is 14.2. The van der Waals surface area contributed by atoms with E-state index >= 15 is 0 Å². The Balaban J connectivity index is 3.66. The number of rotatable bonds is 10. The van der Waals surface area contributed by atoms with Crippen LogP contribution in [0.2, 0.25) is 0 Å². The predicted octanol–water partition coefficient (Wildman–Crippen LogP) is 2.98. The molecule has 1 unspecified atom stereocenters. The molecule has 1 aliphatic carbocycles. The normalized spacial score (nSPS) is 19.5. The van der Waals surface area contributed by atoms with Gasteiger partial charge in [0.15, 0.2) is 10.8 Å². The minimum Gasteiger partial charge on any atom is -0.465 e. The zero-order valence-electron chi connectivity index (χ0n) is 18.7. The molecule has 0 amide bonds. The van der Waals surface area contributed by atoms with Crippen molar-refractivity contribution in [2.24, 2.45) is 16.7 Å². The molecule has 1 aliphatic rings. The summed E-state index contributed by atoms with van der Waals surface area (Å²) in [4.78, 5) is 52.1. The summed E-state index contributed by atoms with van der Waals surface area (Å²) in [5.74, 6) is -3.87. The van der Waals surface area contributed by atoms with Crippen molar-refractivity contribution in [3.05, 3.63) is 12.2 Å². The van der Waals surface area contributed by atoms with Crippen LogP contribution in [0.25, 0.3) is 0 Å². The molecular formula is C22H34O8. The van der Waals surface area contributed by atoms with E-state index in [9.17, 15) is 19.2 Å². The molecule has 0 radical (unpaired) electrons. The Morgan fingerprint density at radius 3 is 1.53 bits per heavy atom. The number of carbonyl (C=O) groups excluding carboxylic acids is 4. The summed E-state index contributed by atoms with van der Waals surface area (Å²) < 4.78 is 20.9. The number of esters is 4. The van der Waals surface area contributed by atoms with Gasteiger partial charge in [-0.3, -0.25) is 19.2 Å². The zero-order chi connectivity index (χ0) is 22.9. The third-order valence-electron chi connectivity index (χ3n) is 5.56. The van der Waals surface area contributed by atoms with Gasteiger partial charge < -0.3 is 18.9 Å². The fourth-order valence-electron chi connectivity index (χ4n) is 4.17. The summed E-state index contributed by atoms with van der Waals surface area (Å²) in [6, 6.07) is 0. The Morgan fingerprint density at radius 1 is 0.767 bits per heavy atom. The molecule has 0 saturated heterocycles. The maximum atomic E-state index is 13.1. The summed E-state index contributed by atoms with van der Waals surface area (Å²) >= 11 is 0.